The zero-order valence-corrected chi connectivity index (χ0v) is 14.2. The van der Waals surface area contributed by atoms with Crippen LogP contribution in [0.2, 0.25) is 0 Å². The molecule has 1 aliphatic carbocycles. The van der Waals surface area contributed by atoms with Gasteiger partial charge in [0, 0.05) is 12.4 Å². The first-order valence-electron chi connectivity index (χ1n) is 8.90. The van der Waals surface area contributed by atoms with Crippen molar-refractivity contribution in [1.29, 1.82) is 0 Å². The highest BCUT2D eigenvalue weighted by atomic mass is 16.2. The van der Waals surface area contributed by atoms with Gasteiger partial charge in [-0.3, -0.25) is 9.78 Å². The number of hydrogen-bond donors (Lipinski definition) is 1. The fourth-order valence-electron chi connectivity index (χ4n) is 3.33. The fourth-order valence-corrected chi connectivity index (χ4v) is 3.33. The van der Waals surface area contributed by atoms with Crippen LogP contribution in [0, 0.1) is 0 Å². The molecule has 1 atom stereocenters. The van der Waals surface area contributed by atoms with Crippen LogP contribution in [-0.2, 0) is 0 Å². The van der Waals surface area contributed by atoms with Crippen LogP contribution < -0.4 is 5.32 Å². The van der Waals surface area contributed by atoms with E-state index >= 15 is 0 Å². The van der Waals surface area contributed by atoms with Crippen molar-refractivity contribution in [1.82, 2.24) is 25.3 Å². The molecule has 0 saturated heterocycles. The van der Waals surface area contributed by atoms with Crippen molar-refractivity contribution >= 4 is 5.91 Å². The summed E-state index contributed by atoms with van der Waals surface area (Å²) in [5.41, 5.74) is 1.45. The monoisotopic (exact) mass is 327 g/mol. The lowest BCUT2D eigenvalue weighted by Gasteiger charge is -2.16. The minimum Gasteiger partial charge on any atom is -0.344 e. The van der Waals surface area contributed by atoms with Crippen LogP contribution >= 0.6 is 0 Å². The first-order chi connectivity index (χ1) is 11.8. The van der Waals surface area contributed by atoms with Crippen LogP contribution in [0.1, 0.15) is 80.0 Å². The maximum atomic E-state index is 12.5. The van der Waals surface area contributed by atoms with Gasteiger partial charge in [-0.25, -0.2) is 4.68 Å². The summed E-state index contributed by atoms with van der Waals surface area (Å²) in [6.45, 7) is 2.05. The molecule has 1 fully saturated rings. The second kappa shape index (κ2) is 8.04. The van der Waals surface area contributed by atoms with Crippen LogP contribution in [0.3, 0.4) is 0 Å². The van der Waals surface area contributed by atoms with Crippen molar-refractivity contribution in [2.24, 2.45) is 0 Å². The van der Waals surface area contributed by atoms with E-state index in [1.54, 1.807) is 18.6 Å². The molecule has 0 aromatic carbocycles. The molecule has 24 heavy (non-hydrogen) atoms. The molecule has 6 heteroatoms. The van der Waals surface area contributed by atoms with Crippen molar-refractivity contribution in [3.63, 3.8) is 0 Å². The molecule has 1 aliphatic rings. The summed E-state index contributed by atoms with van der Waals surface area (Å²) in [6.07, 6.45) is 13.4. The van der Waals surface area contributed by atoms with Crippen molar-refractivity contribution < 1.29 is 4.79 Å². The van der Waals surface area contributed by atoms with Crippen LogP contribution in [0.5, 0.6) is 0 Å². The number of nitrogens with one attached hydrogen (secondary N) is 1. The van der Waals surface area contributed by atoms with Gasteiger partial charge in [0.15, 0.2) is 5.69 Å². The van der Waals surface area contributed by atoms with E-state index in [-0.39, 0.29) is 11.9 Å². The molecule has 0 unspecified atom stereocenters. The van der Waals surface area contributed by atoms with Gasteiger partial charge in [0.1, 0.15) is 0 Å². The largest absolute Gasteiger partial charge is 0.344 e. The third-order valence-corrected chi connectivity index (χ3v) is 4.76. The maximum Gasteiger partial charge on any atom is 0.273 e. The summed E-state index contributed by atoms with van der Waals surface area (Å²) in [6, 6.07) is 4.19. The third-order valence-electron chi connectivity index (χ3n) is 4.76. The van der Waals surface area contributed by atoms with E-state index in [0.717, 1.165) is 24.8 Å². The average Bonchev–Trinajstić information content (AvgIpc) is 2.96. The number of carbonyl (C=O) groups excluding carboxylic acids is 1. The number of carbonyl (C=O) groups is 1. The molecule has 0 bridgehead atoms. The van der Waals surface area contributed by atoms with Crippen molar-refractivity contribution in [2.75, 3.05) is 0 Å². The molecule has 3 rings (SSSR count). The SMILES string of the molecule is CC[C@@H](NC(=O)c1cn(C2CCCCCC2)nn1)c1ccncc1. The molecule has 1 saturated carbocycles. The van der Waals surface area contributed by atoms with Gasteiger partial charge < -0.3 is 5.32 Å². The summed E-state index contributed by atoms with van der Waals surface area (Å²) in [5, 5.41) is 11.3. The Bertz CT molecular complexity index is 646. The van der Waals surface area contributed by atoms with E-state index in [4.69, 9.17) is 0 Å². The Morgan fingerprint density at radius 1 is 1.25 bits per heavy atom. The number of pyridine rings is 1. The van der Waals surface area contributed by atoms with Crippen molar-refractivity contribution in [2.45, 2.75) is 64.0 Å². The molecule has 6 nitrogen and oxygen atoms in total. The summed E-state index contributed by atoms with van der Waals surface area (Å²) >= 11 is 0. The normalized spacial score (nSPS) is 17.2. The fraction of sp³-hybridized carbons (Fsp3) is 0.556. The maximum absolute atomic E-state index is 12.5. The van der Waals surface area contributed by atoms with Crippen LogP contribution in [0.15, 0.2) is 30.7 Å². The molecule has 1 N–H and O–H groups in total. The first kappa shape index (κ1) is 16.6. The topological polar surface area (TPSA) is 72.7 Å². The number of hydrogen-bond acceptors (Lipinski definition) is 4. The second-order valence-corrected chi connectivity index (χ2v) is 6.44. The van der Waals surface area contributed by atoms with E-state index in [1.807, 2.05) is 23.7 Å². The Morgan fingerprint density at radius 3 is 2.62 bits per heavy atom. The molecular weight excluding hydrogens is 302 g/mol. The molecule has 2 aromatic rings. The Hall–Kier alpha value is -2.24. The van der Waals surface area contributed by atoms with Crippen LogP contribution in [0.4, 0.5) is 0 Å². The predicted molar refractivity (Wildman–Crippen MR) is 91.5 cm³/mol. The van der Waals surface area contributed by atoms with E-state index in [2.05, 4.69) is 20.6 Å². The van der Waals surface area contributed by atoms with E-state index in [1.165, 1.54) is 25.7 Å². The highest BCUT2D eigenvalue weighted by Crippen LogP contribution is 2.26. The Kier molecular flexibility index (Phi) is 5.56. The van der Waals surface area contributed by atoms with E-state index in [9.17, 15) is 4.79 Å². The average molecular weight is 327 g/mol. The first-order valence-corrected chi connectivity index (χ1v) is 8.90. The highest BCUT2D eigenvalue weighted by Gasteiger charge is 2.20. The van der Waals surface area contributed by atoms with Gasteiger partial charge in [-0.2, -0.15) is 0 Å². The van der Waals surface area contributed by atoms with E-state index in [0.29, 0.717) is 11.7 Å². The lowest BCUT2D eigenvalue weighted by molar-refractivity contribution is 0.0930. The Balaban J connectivity index is 1.66. The van der Waals surface area contributed by atoms with Crippen LogP contribution in [0.25, 0.3) is 0 Å². The van der Waals surface area contributed by atoms with Gasteiger partial charge in [0.25, 0.3) is 5.91 Å². The minimum atomic E-state index is -0.168. The number of rotatable bonds is 5. The Labute approximate surface area is 142 Å². The zero-order chi connectivity index (χ0) is 16.8. The molecule has 0 radical (unpaired) electrons. The Morgan fingerprint density at radius 2 is 1.96 bits per heavy atom. The lowest BCUT2D eigenvalue weighted by Crippen LogP contribution is -2.28. The van der Waals surface area contributed by atoms with Crippen LogP contribution in [-0.4, -0.2) is 25.9 Å². The molecule has 2 aromatic heterocycles. The predicted octanol–water partition coefficient (Wildman–Crippen LogP) is 3.45. The van der Waals surface area contributed by atoms with Gasteiger partial charge in [-0.15, -0.1) is 5.10 Å². The number of nitrogens with zero attached hydrogens (tertiary/aromatic N) is 4. The molecule has 1 amide bonds. The highest BCUT2D eigenvalue weighted by molar-refractivity contribution is 5.92. The standard InChI is InChI=1S/C18H25N5O/c1-2-16(14-9-11-19-12-10-14)20-18(24)17-13-23(22-21-17)15-7-5-3-4-6-8-15/h9-13,15-16H,2-8H2,1H3,(H,20,24)/t16-/m1/s1. The molecule has 0 spiro atoms. The number of aromatic nitrogens is 4. The van der Waals surface area contributed by atoms with Crippen molar-refractivity contribution in [3.8, 4) is 0 Å². The smallest absolute Gasteiger partial charge is 0.273 e. The summed E-state index contributed by atoms with van der Waals surface area (Å²) < 4.78 is 1.88. The molecular formula is C18H25N5O. The molecule has 2 heterocycles. The van der Waals surface area contributed by atoms with Gasteiger partial charge in [-0.05, 0) is 37.0 Å². The van der Waals surface area contributed by atoms with Gasteiger partial charge >= 0.3 is 0 Å². The second-order valence-electron chi connectivity index (χ2n) is 6.44. The molecule has 0 aliphatic heterocycles. The minimum absolute atomic E-state index is 0.0384. The summed E-state index contributed by atoms with van der Waals surface area (Å²) in [7, 11) is 0. The summed E-state index contributed by atoms with van der Waals surface area (Å²) in [4.78, 5) is 16.5. The van der Waals surface area contributed by atoms with E-state index < -0.39 is 0 Å². The summed E-state index contributed by atoms with van der Waals surface area (Å²) in [5.74, 6) is -0.168. The molecule has 128 valence electrons. The number of amides is 1. The lowest BCUT2D eigenvalue weighted by atomic mass is 10.1. The van der Waals surface area contributed by atoms with Crippen molar-refractivity contribution in [3.05, 3.63) is 42.0 Å². The third kappa shape index (κ3) is 3.99. The van der Waals surface area contributed by atoms with Gasteiger partial charge in [-0.1, -0.05) is 37.8 Å². The quantitative estimate of drug-likeness (QED) is 0.854. The van der Waals surface area contributed by atoms with Gasteiger partial charge in [0.05, 0.1) is 18.3 Å². The van der Waals surface area contributed by atoms with Gasteiger partial charge in [0.2, 0.25) is 0 Å². The zero-order valence-electron chi connectivity index (χ0n) is 14.2.